The molecule has 5 heteroatoms. The van der Waals surface area contributed by atoms with E-state index in [9.17, 15) is 18.0 Å². The number of hydrogen-bond acceptors (Lipinski definition) is 2. The molecule has 1 aromatic carbocycles. The van der Waals surface area contributed by atoms with E-state index in [0.29, 0.717) is 0 Å². The maximum atomic E-state index is 12.1. The Labute approximate surface area is 83.7 Å². The summed E-state index contributed by atoms with van der Waals surface area (Å²) in [5.41, 5.74) is 0.245. The zero-order valence-electron chi connectivity index (χ0n) is 7.49. The van der Waals surface area contributed by atoms with E-state index in [0.717, 1.165) is 0 Å². The molecule has 2 rings (SSSR count). The van der Waals surface area contributed by atoms with Crippen molar-refractivity contribution in [2.45, 2.75) is 18.4 Å². The minimum absolute atomic E-state index is 0.245. The first-order chi connectivity index (χ1) is 7.00. The molecule has 2 atom stereocenters. The highest BCUT2D eigenvalue weighted by molar-refractivity contribution is 6.01. The second-order valence-corrected chi connectivity index (χ2v) is 3.25. The highest BCUT2D eigenvalue weighted by Crippen LogP contribution is 2.39. The van der Waals surface area contributed by atoms with E-state index >= 15 is 0 Å². The van der Waals surface area contributed by atoms with Crippen molar-refractivity contribution >= 4 is 5.78 Å². The largest absolute Gasteiger partial charge is 0.417 e. The molecule has 0 unspecified atom stereocenters. The van der Waals surface area contributed by atoms with Gasteiger partial charge < -0.3 is 4.74 Å². The van der Waals surface area contributed by atoms with Gasteiger partial charge >= 0.3 is 6.18 Å². The Hall–Kier alpha value is -1.36. The van der Waals surface area contributed by atoms with Gasteiger partial charge in [0.2, 0.25) is 0 Å². The summed E-state index contributed by atoms with van der Waals surface area (Å²) in [7, 11) is 0. The number of carbonyl (C=O) groups excluding carboxylic acids is 1. The monoisotopic (exact) mass is 216 g/mol. The number of alkyl halides is 3. The van der Waals surface area contributed by atoms with Crippen LogP contribution in [0.2, 0.25) is 0 Å². The average molecular weight is 216 g/mol. The van der Waals surface area contributed by atoms with Crippen LogP contribution < -0.4 is 0 Å². The Morgan fingerprint density at radius 1 is 1.20 bits per heavy atom. The van der Waals surface area contributed by atoms with Gasteiger partial charge in [-0.1, -0.05) is 30.3 Å². The fraction of sp³-hybridized carbons (Fsp3) is 0.300. The number of hydrogen-bond donors (Lipinski definition) is 0. The molecule has 1 aromatic rings. The van der Waals surface area contributed by atoms with Crippen molar-refractivity contribution in [3.63, 3.8) is 0 Å². The van der Waals surface area contributed by atoms with Crippen LogP contribution in [0.1, 0.15) is 10.4 Å². The minimum atomic E-state index is -4.45. The van der Waals surface area contributed by atoms with Crippen molar-refractivity contribution in [3.05, 3.63) is 35.9 Å². The molecule has 0 radical (unpaired) electrons. The van der Waals surface area contributed by atoms with Gasteiger partial charge in [0.05, 0.1) is 0 Å². The fourth-order valence-corrected chi connectivity index (χ4v) is 1.33. The van der Waals surface area contributed by atoms with Gasteiger partial charge in [-0.05, 0) is 0 Å². The minimum Gasteiger partial charge on any atom is -0.351 e. The van der Waals surface area contributed by atoms with Crippen molar-refractivity contribution in [3.8, 4) is 0 Å². The second-order valence-electron chi connectivity index (χ2n) is 3.25. The predicted molar refractivity (Wildman–Crippen MR) is 45.5 cm³/mol. The van der Waals surface area contributed by atoms with Crippen molar-refractivity contribution in [1.82, 2.24) is 0 Å². The number of benzene rings is 1. The van der Waals surface area contributed by atoms with Crippen LogP contribution in [0, 0.1) is 0 Å². The van der Waals surface area contributed by atoms with Crippen LogP contribution in [-0.2, 0) is 4.74 Å². The van der Waals surface area contributed by atoms with Crippen LogP contribution in [0.3, 0.4) is 0 Å². The van der Waals surface area contributed by atoms with E-state index in [1.54, 1.807) is 18.2 Å². The van der Waals surface area contributed by atoms with E-state index in [1.165, 1.54) is 12.1 Å². The zero-order valence-corrected chi connectivity index (χ0v) is 7.49. The Morgan fingerprint density at radius 2 is 1.80 bits per heavy atom. The Kier molecular flexibility index (Phi) is 2.26. The summed E-state index contributed by atoms with van der Waals surface area (Å²) in [6.07, 6.45) is -7.73. The first-order valence-electron chi connectivity index (χ1n) is 4.31. The van der Waals surface area contributed by atoms with Gasteiger partial charge in [-0.15, -0.1) is 0 Å². The Morgan fingerprint density at radius 3 is 2.27 bits per heavy atom. The quantitative estimate of drug-likeness (QED) is 0.560. The summed E-state index contributed by atoms with van der Waals surface area (Å²) in [5, 5.41) is 0. The fourth-order valence-electron chi connectivity index (χ4n) is 1.33. The van der Waals surface area contributed by atoms with Gasteiger partial charge in [0.15, 0.2) is 18.0 Å². The molecule has 0 bridgehead atoms. The van der Waals surface area contributed by atoms with Crippen LogP contribution >= 0.6 is 0 Å². The maximum Gasteiger partial charge on any atom is 0.417 e. The van der Waals surface area contributed by atoms with Crippen LogP contribution in [0.5, 0.6) is 0 Å². The van der Waals surface area contributed by atoms with Gasteiger partial charge in [-0.2, -0.15) is 13.2 Å². The predicted octanol–water partition coefficient (Wildman–Crippen LogP) is 2.20. The van der Waals surface area contributed by atoms with Crippen LogP contribution in [0.15, 0.2) is 30.3 Å². The summed E-state index contributed by atoms with van der Waals surface area (Å²) >= 11 is 0. The van der Waals surface area contributed by atoms with Gasteiger partial charge in [-0.3, -0.25) is 4.79 Å². The molecule has 1 heterocycles. The normalized spacial score (nSPS) is 25.0. The number of ether oxygens (including phenoxy) is 1. The third-order valence-electron chi connectivity index (χ3n) is 2.13. The van der Waals surface area contributed by atoms with Crippen molar-refractivity contribution in [1.29, 1.82) is 0 Å². The number of ketones is 1. The first kappa shape index (κ1) is 10.2. The lowest BCUT2D eigenvalue weighted by Gasteiger charge is -2.00. The molecular weight excluding hydrogens is 209 g/mol. The highest BCUT2D eigenvalue weighted by atomic mass is 19.4. The second kappa shape index (κ2) is 3.34. The van der Waals surface area contributed by atoms with E-state index in [4.69, 9.17) is 0 Å². The topological polar surface area (TPSA) is 29.6 Å². The Balaban J connectivity index is 2.07. The van der Waals surface area contributed by atoms with Gasteiger partial charge in [0.1, 0.15) is 0 Å². The third-order valence-corrected chi connectivity index (χ3v) is 2.13. The van der Waals surface area contributed by atoms with Crippen molar-refractivity contribution in [2.24, 2.45) is 0 Å². The summed E-state index contributed by atoms with van der Waals surface area (Å²) in [4.78, 5) is 11.4. The van der Waals surface area contributed by atoms with Crippen LogP contribution in [0.4, 0.5) is 13.2 Å². The molecule has 15 heavy (non-hydrogen) atoms. The number of halogens is 3. The molecule has 0 aliphatic carbocycles. The number of epoxide rings is 1. The van der Waals surface area contributed by atoms with Crippen molar-refractivity contribution < 1.29 is 22.7 Å². The molecule has 0 spiro atoms. The molecule has 0 amide bonds. The Bertz CT molecular complexity index is 372. The van der Waals surface area contributed by atoms with E-state index in [1.807, 2.05) is 0 Å². The highest BCUT2D eigenvalue weighted by Gasteiger charge is 2.61. The molecule has 2 nitrogen and oxygen atoms in total. The molecule has 0 saturated carbocycles. The first-order valence-corrected chi connectivity index (χ1v) is 4.31. The lowest BCUT2D eigenvalue weighted by molar-refractivity contribution is -0.146. The number of carbonyl (C=O) groups is 1. The molecule has 0 N–H and O–H groups in total. The molecule has 80 valence electrons. The molecule has 0 aromatic heterocycles. The van der Waals surface area contributed by atoms with E-state index in [-0.39, 0.29) is 5.56 Å². The van der Waals surface area contributed by atoms with Crippen LogP contribution in [-0.4, -0.2) is 24.2 Å². The van der Waals surface area contributed by atoms with Crippen LogP contribution in [0.25, 0.3) is 0 Å². The molecule has 1 aliphatic rings. The van der Waals surface area contributed by atoms with Crippen molar-refractivity contribution in [2.75, 3.05) is 0 Å². The zero-order chi connectivity index (χ0) is 11.1. The summed E-state index contributed by atoms with van der Waals surface area (Å²) in [6, 6.07) is 7.82. The van der Waals surface area contributed by atoms with E-state index < -0.39 is 24.2 Å². The van der Waals surface area contributed by atoms with E-state index in [2.05, 4.69) is 4.74 Å². The molecule has 1 fully saturated rings. The molecular formula is C10H7F3O2. The summed E-state index contributed by atoms with van der Waals surface area (Å²) < 4.78 is 40.6. The smallest absolute Gasteiger partial charge is 0.351 e. The SMILES string of the molecule is O=C(c1ccccc1)[C@@H]1O[C@H]1C(F)(F)F. The molecule has 1 saturated heterocycles. The van der Waals surface area contributed by atoms with Gasteiger partial charge in [0.25, 0.3) is 0 Å². The lowest BCUT2D eigenvalue weighted by atomic mass is 10.1. The third kappa shape index (κ3) is 2.02. The van der Waals surface area contributed by atoms with Gasteiger partial charge in [0, 0.05) is 5.56 Å². The summed E-state index contributed by atoms with van der Waals surface area (Å²) in [6.45, 7) is 0. The average Bonchev–Trinajstić information content (AvgIpc) is 2.97. The lowest BCUT2D eigenvalue weighted by Crippen LogP contribution is -2.22. The molecule has 1 aliphatic heterocycles. The number of rotatable bonds is 2. The standard InChI is InChI=1S/C10H7F3O2/c11-10(12,13)9-8(15-9)7(14)6-4-2-1-3-5-6/h1-5,8-9H/t8-,9+/m0/s1. The maximum absolute atomic E-state index is 12.1. The number of Topliss-reactive ketones (excluding diaryl/α,β-unsaturated/α-hetero) is 1. The van der Waals surface area contributed by atoms with Gasteiger partial charge in [-0.25, -0.2) is 0 Å². The summed E-state index contributed by atoms with van der Waals surface area (Å²) in [5.74, 6) is -0.613.